The highest BCUT2D eigenvalue weighted by Crippen LogP contribution is 2.29. The molecule has 3 heteroatoms. The maximum absolute atomic E-state index is 5.77. The largest absolute Gasteiger partial charge is 0.497 e. The first kappa shape index (κ1) is 14.4. The smallest absolute Gasteiger partial charge is 0.118 e. The van der Waals surface area contributed by atoms with Gasteiger partial charge in [-0.3, -0.25) is 4.90 Å². The van der Waals surface area contributed by atoms with Crippen LogP contribution in [0.2, 0.25) is 0 Å². The fourth-order valence-corrected chi connectivity index (χ4v) is 3.03. The van der Waals surface area contributed by atoms with Gasteiger partial charge in [-0.25, -0.2) is 0 Å². The Labute approximate surface area is 116 Å². The van der Waals surface area contributed by atoms with Gasteiger partial charge in [0, 0.05) is 6.04 Å². The molecule has 1 atom stereocenters. The molecule has 19 heavy (non-hydrogen) atoms. The number of piperidine rings is 1. The zero-order chi connectivity index (χ0) is 13.7. The Kier molecular flexibility index (Phi) is 5.23. The first-order valence-electron chi connectivity index (χ1n) is 7.36. The molecule has 0 saturated carbocycles. The van der Waals surface area contributed by atoms with Crippen LogP contribution >= 0.6 is 0 Å². The van der Waals surface area contributed by atoms with Gasteiger partial charge in [0.25, 0.3) is 0 Å². The summed E-state index contributed by atoms with van der Waals surface area (Å²) >= 11 is 0. The van der Waals surface area contributed by atoms with Crippen LogP contribution < -0.4 is 10.5 Å². The number of methoxy groups -OCH3 is 1. The van der Waals surface area contributed by atoms with Crippen LogP contribution in [-0.2, 0) is 0 Å². The molecule has 0 bridgehead atoms. The Bertz CT molecular complexity index is 369. The summed E-state index contributed by atoms with van der Waals surface area (Å²) in [5.41, 5.74) is 7.17. The summed E-state index contributed by atoms with van der Waals surface area (Å²) in [5.74, 6) is 1.66. The quantitative estimate of drug-likeness (QED) is 0.887. The summed E-state index contributed by atoms with van der Waals surface area (Å²) in [6.45, 7) is 5.45. The molecule has 3 nitrogen and oxygen atoms in total. The maximum Gasteiger partial charge on any atom is 0.118 e. The van der Waals surface area contributed by atoms with Crippen molar-refractivity contribution >= 4 is 0 Å². The van der Waals surface area contributed by atoms with Crippen LogP contribution in [0.4, 0.5) is 0 Å². The molecular formula is C16H26N2O. The van der Waals surface area contributed by atoms with E-state index in [1.165, 1.54) is 31.5 Å². The molecule has 0 spiro atoms. The Morgan fingerprint density at radius 1 is 1.26 bits per heavy atom. The third kappa shape index (κ3) is 3.48. The normalized spacial score (nSPS) is 19.3. The third-order valence-electron chi connectivity index (χ3n) is 4.31. The second kappa shape index (κ2) is 6.92. The lowest BCUT2D eigenvalue weighted by atomic mass is 9.93. The van der Waals surface area contributed by atoms with Crippen molar-refractivity contribution in [2.75, 3.05) is 26.7 Å². The van der Waals surface area contributed by atoms with Crippen LogP contribution in [0.3, 0.4) is 0 Å². The second-order valence-corrected chi connectivity index (χ2v) is 5.41. The predicted molar refractivity (Wildman–Crippen MR) is 79.4 cm³/mol. The average molecular weight is 262 g/mol. The molecule has 1 aromatic rings. The van der Waals surface area contributed by atoms with Crippen molar-refractivity contribution in [2.45, 2.75) is 32.2 Å². The van der Waals surface area contributed by atoms with E-state index in [4.69, 9.17) is 10.5 Å². The third-order valence-corrected chi connectivity index (χ3v) is 4.31. The van der Waals surface area contributed by atoms with Crippen LogP contribution in [-0.4, -0.2) is 31.6 Å². The van der Waals surface area contributed by atoms with Crippen molar-refractivity contribution in [3.63, 3.8) is 0 Å². The maximum atomic E-state index is 5.77. The van der Waals surface area contributed by atoms with Crippen molar-refractivity contribution < 1.29 is 4.74 Å². The highest BCUT2D eigenvalue weighted by molar-refractivity contribution is 5.29. The van der Waals surface area contributed by atoms with Crippen LogP contribution in [0.5, 0.6) is 5.75 Å². The summed E-state index contributed by atoms with van der Waals surface area (Å²) in [5, 5.41) is 0. The number of benzene rings is 1. The number of hydrogen-bond acceptors (Lipinski definition) is 3. The van der Waals surface area contributed by atoms with Gasteiger partial charge in [0.2, 0.25) is 0 Å². The average Bonchev–Trinajstić information content (AvgIpc) is 2.49. The van der Waals surface area contributed by atoms with Gasteiger partial charge in [0.05, 0.1) is 7.11 Å². The van der Waals surface area contributed by atoms with Gasteiger partial charge in [-0.15, -0.1) is 0 Å². The molecule has 0 aromatic heterocycles. The number of hydrogen-bond donors (Lipinski definition) is 1. The molecule has 1 aliphatic rings. The monoisotopic (exact) mass is 262 g/mol. The zero-order valence-electron chi connectivity index (χ0n) is 12.1. The number of likely N-dealkylation sites (tertiary alicyclic amines) is 1. The van der Waals surface area contributed by atoms with E-state index in [1.54, 1.807) is 7.11 Å². The lowest BCUT2D eigenvalue weighted by Gasteiger charge is -2.37. The van der Waals surface area contributed by atoms with Crippen LogP contribution in [0.1, 0.15) is 37.8 Å². The Balaban J connectivity index is 2.03. The number of nitrogens with zero attached hydrogens (tertiary/aromatic N) is 1. The Morgan fingerprint density at radius 3 is 2.37 bits per heavy atom. The fraction of sp³-hybridized carbons (Fsp3) is 0.625. The number of ether oxygens (including phenoxy) is 1. The summed E-state index contributed by atoms with van der Waals surface area (Å²) in [6, 6.07) is 9.05. The SMILES string of the molecule is CCC(c1ccc(OC)cc1)N1CCC(CN)CC1. The van der Waals surface area contributed by atoms with E-state index in [0.29, 0.717) is 6.04 Å². The van der Waals surface area contributed by atoms with Gasteiger partial charge >= 0.3 is 0 Å². The van der Waals surface area contributed by atoms with Gasteiger partial charge in [-0.05, 0) is 62.5 Å². The van der Waals surface area contributed by atoms with Crippen molar-refractivity contribution in [1.82, 2.24) is 4.90 Å². The summed E-state index contributed by atoms with van der Waals surface area (Å²) in [7, 11) is 1.71. The van der Waals surface area contributed by atoms with Gasteiger partial charge < -0.3 is 10.5 Å². The van der Waals surface area contributed by atoms with Gasteiger partial charge in [-0.1, -0.05) is 19.1 Å². The molecule has 1 fully saturated rings. The molecule has 106 valence electrons. The highest BCUT2D eigenvalue weighted by atomic mass is 16.5. The van der Waals surface area contributed by atoms with Crippen molar-refractivity contribution in [1.29, 1.82) is 0 Å². The lowest BCUT2D eigenvalue weighted by molar-refractivity contribution is 0.131. The molecule has 2 N–H and O–H groups in total. The molecule has 0 radical (unpaired) electrons. The Morgan fingerprint density at radius 2 is 1.89 bits per heavy atom. The topological polar surface area (TPSA) is 38.5 Å². The minimum atomic E-state index is 0.532. The summed E-state index contributed by atoms with van der Waals surface area (Å²) in [6.07, 6.45) is 3.63. The zero-order valence-corrected chi connectivity index (χ0v) is 12.1. The molecule has 1 aliphatic heterocycles. The molecule has 0 aliphatic carbocycles. The van der Waals surface area contributed by atoms with Crippen molar-refractivity contribution in [2.24, 2.45) is 11.7 Å². The van der Waals surface area contributed by atoms with Crippen molar-refractivity contribution in [3.05, 3.63) is 29.8 Å². The standard InChI is InChI=1S/C16H26N2O/c1-3-16(14-4-6-15(19-2)7-5-14)18-10-8-13(12-17)9-11-18/h4-7,13,16H,3,8-12,17H2,1-2H3. The molecule has 2 rings (SSSR count). The van der Waals surface area contributed by atoms with E-state index < -0.39 is 0 Å². The molecule has 0 amide bonds. The van der Waals surface area contributed by atoms with Crippen LogP contribution in [0.25, 0.3) is 0 Å². The molecular weight excluding hydrogens is 236 g/mol. The number of rotatable bonds is 5. The van der Waals surface area contributed by atoms with E-state index >= 15 is 0 Å². The summed E-state index contributed by atoms with van der Waals surface area (Å²) in [4.78, 5) is 2.61. The molecule has 1 aromatic carbocycles. The fourth-order valence-electron chi connectivity index (χ4n) is 3.03. The summed E-state index contributed by atoms with van der Waals surface area (Å²) < 4.78 is 5.23. The van der Waals surface area contributed by atoms with E-state index in [-0.39, 0.29) is 0 Å². The highest BCUT2D eigenvalue weighted by Gasteiger charge is 2.24. The first-order chi connectivity index (χ1) is 9.28. The molecule has 1 heterocycles. The minimum Gasteiger partial charge on any atom is -0.497 e. The Hall–Kier alpha value is -1.06. The molecule has 1 saturated heterocycles. The van der Waals surface area contributed by atoms with E-state index in [9.17, 15) is 0 Å². The minimum absolute atomic E-state index is 0.532. The second-order valence-electron chi connectivity index (χ2n) is 5.41. The van der Waals surface area contributed by atoms with Crippen LogP contribution in [0, 0.1) is 5.92 Å². The van der Waals surface area contributed by atoms with E-state index in [1.807, 2.05) is 0 Å². The van der Waals surface area contributed by atoms with Gasteiger partial charge in [-0.2, -0.15) is 0 Å². The number of nitrogens with two attached hydrogens (primary N) is 1. The van der Waals surface area contributed by atoms with Gasteiger partial charge in [0.1, 0.15) is 5.75 Å². The lowest BCUT2D eigenvalue weighted by Crippen LogP contribution is -2.38. The predicted octanol–water partition coefficient (Wildman–Crippen LogP) is 2.82. The van der Waals surface area contributed by atoms with E-state index in [0.717, 1.165) is 24.6 Å². The first-order valence-corrected chi connectivity index (χ1v) is 7.36. The molecule has 1 unspecified atom stereocenters. The van der Waals surface area contributed by atoms with E-state index in [2.05, 4.69) is 36.1 Å². The van der Waals surface area contributed by atoms with Gasteiger partial charge in [0.15, 0.2) is 0 Å². The van der Waals surface area contributed by atoms with Crippen molar-refractivity contribution in [3.8, 4) is 5.75 Å². The van der Waals surface area contributed by atoms with Crippen LogP contribution in [0.15, 0.2) is 24.3 Å².